The number of rotatable bonds is 2. The number of nitriles is 1. The minimum atomic E-state index is -3.14. The molecule has 1 N–H and O–H groups in total. The first-order chi connectivity index (χ1) is 6.83. The Balaban J connectivity index is 2.36. The second-order valence-corrected chi connectivity index (χ2v) is 7.14. The van der Waals surface area contributed by atoms with Gasteiger partial charge in [0.1, 0.15) is 5.41 Å². The Kier molecular flexibility index (Phi) is 2.15. The molecule has 0 spiro atoms. The van der Waals surface area contributed by atoms with Crippen molar-refractivity contribution in [1.82, 2.24) is 0 Å². The summed E-state index contributed by atoms with van der Waals surface area (Å²) in [5, 5.41) is 19.5. The summed E-state index contributed by atoms with van der Waals surface area (Å²) in [5.41, 5.74) is -2.22. The molecule has 2 fully saturated rings. The van der Waals surface area contributed by atoms with Crippen LogP contribution in [0.15, 0.2) is 0 Å². The van der Waals surface area contributed by atoms with Gasteiger partial charge < -0.3 is 5.11 Å². The van der Waals surface area contributed by atoms with Crippen molar-refractivity contribution in [3.63, 3.8) is 0 Å². The van der Waals surface area contributed by atoms with E-state index in [-0.39, 0.29) is 23.8 Å². The fraction of sp³-hybridized carbons (Fsp3) is 0.900. The van der Waals surface area contributed by atoms with Crippen LogP contribution in [0.25, 0.3) is 0 Å². The van der Waals surface area contributed by atoms with E-state index in [0.29, 0.717) is 0 Å². The van der Waals surface area contributed by atoms with Crippen molar-refractivity contribution in [2.45, 2.75) is 31.8 Å². The van der Waals surface area contributed by atoms with Crippen molar-refractivity contribution in [2.75, 3.05) is 11.5 Å². The van der Waals surface area contributed by atoms with Crippen LogP contribution >= 0.6 is 0 Å². The Hall–Kier alpha value is -0.600. The Bertz CT molecular complexity index is 416. The zero-order valence-corrected chi connectivity index (χ0v) is 9.55. The minimum Gasteiger partial charge on any atom is -0.388 e. The van der Waals surface area contributed by atoms with Crippen LogP contribution in [0.1, 0.15) is 26.2 Å². The van der Waals surface area contributed by atoms with Gasteiger partial charge in [0.2, 0.25) is 0 Å². The average molecular weight is 229 g/mol. The van der Waals surface area contributed by atoms with Crippen LogP contribution in [0.3, 0.4) is 0 Å². The van der Waals surface area contributed by atoms with Crippen molar-refractivity contribution in [2.24, 2.45) is 11.3 Å². The molecule has 2 atom stereocenters. The number of nitrogens with zero attached hydrogens (tertiary/aromatic N) is 1. The van der Waals surface area contributed by atoms with E-state index in [2.05, 4.69) is 6.07 Å². The Morgan fingerprint density at radius 2 is 2.13 bits per heavy atom. The SMILES string of the molecule is CC(O)(C1CC1)C1(C#N)CCS(=O)(=O)C1. The molecule has 0 radical (unpaired) electrons. The maximum absolute atomic E-state index is 11.4. The van der Waals surface area contributed by atoms with Gasteiger partial charge in [0.15, 0.2) is 9.84 Å². The minimum absolute atomic E-state index is 0.0312. The fourth-order valence-electron chi connectivity index (χ4n) is 2.49. The molecule has 84 valence electrons. The van der Waals surface area contributed by atoms with Crippen LogP contribution in [-0.2, 0) is 9.84 Å². The smallest absolute Gasteiger partial charge is 0.152 e. The van der Waals surface area contributed by atoms with E-state index in [1.165, 1.54) is 0 Å². The number of hydrogen-bond donors (Lipinski definition) is 1. The zero-order valence-electron chi connectivity index (χ0n) is 8.73. The first-order valence-electron chi connectivity index (χ1n) is 5.17. The molecule has 4 nitrogen and oxygen atoms in total. The largest absolute Gasteiger partial charge is 0.388 e. The van der Waals surface area contributed by atoms with E-state index < -0.39 is 20.9 Å². The predicted molar refractivity (Wildman–Crippen MR) is 54.7 cm³/mol. The number of sulfone groups is 1. The quantitative estimate of drug-likeness (QED) is 0.747. The Morgan fingerprint density at radius 1 is 1.53 bits per heavy atom. The van der Waals surface area contributed by atoms with Gasteiger partial charge in [-0.05, 0) is 32.1 Å². The van der Waals surface area contributed by atoms with Gasteiger partial charge in [-0.1, -0.05) is 0 Å². The van der Waals surface area contributed by atoms with Gasteiger partial charge in [-0.15, -0.1) is 0 Å². The maximum Gasteiger partial charge on any atom is 0.152 e. The predicted octanol–water partition coefficient (Wildman–Crippen LogP) is 0.476. The summed E-state index contributed by atoms with van der Waals surface area (Å²) >= 11 is 0. The van der Waals surface area contributed by atoms with Gasteiger partial charge in [-0.2, -0.15) is 5.26 Å². The van der Waals surface area contributed by atoms with Crippen molar-refractivity contribution in [1.29, 1.82) is 5.26 Å². The summed E-state index contributed by atoms with van der Waals surface area (Å²) in [6.45, 7) is 1.62. The molecular weight excluding hydrogens is 214 g/mol. The molecule has 0 amide bonds. The van der Waals surface area contributed by atoms with Crippen molar-refractivity contribution in [3.8, 4) is 6.07 Å². The zero-order chi connectivity index (χ0) is 11.3. The normalized spacial score (nSPS) is 38.2. The third-order valence-electron chi connectivity index (χ3n) is 3.86. The topological polar surface area (TPSA) is 78.2 Å². The van der Waals surface area contributed by atoms with Crippen LogP contribution in [0.4, 0.5) is 0 Å². The van der Waals surface area contributed by atoms with Crippen LogP contribution in [0.5, 0.6) is 0 Å². The van der Waals surface area contributed by atoms with E-state index in [1.54, 1.807) is 6.92 Å². The standard InChI is InChI=1S/C10H15NO3S/c1-9(12,8-2-3-8)10(6-11)4-5-15(13,14)7-10/h8,12H,2-5,7H2,1H3. The van der Waals surface area contributed by atoms with E-state index in [4.69, 9.17) is 0 Å². The number of aliphatic hydroxyl groups is 1. The van der Waals surface area contributed by atoms with Gasteiger partial charge in [0.05, 0.1) is 23.2 Å². The van der Waals surface area contributed by atoms with E-state index in [0.717, 1.165) is 12.8 Å². The summed E-state index contributed by atoms with van der Waals surface area (Å²) in [6.07, 6.45) is 2.07. The summed E-state index contributed by atoms with van der Waals surface area (Å²) in [6, 6.07) is 2.07. The van der Waals surface area contributed by atoms with Crippen LogP contribution in [0.2, 0.25) is 0 Å². The van der Waals surface area contributed by atoms with Crippen LogP contribution in [-0.4, -0.2) is 30.6 Å². The maximum atomic E-state index is 11.4. The third kappa shape index (κ3) is 1.56. The Labute approximate surface area is 89.8 Å². The van der Waals surface area contributed by atoms with E-state index in [9.17, 15) is 18.8 Å². The molecule has 2 unspecified atom stereocenters. The lowest BCUT2D eigenvalue weighted by Gasteiger charge is -2.36. The molecule has 1 aliphatic carbocycles. The van der Waals surface area contributed by atoms with Gasteiger partial charge in [0.25, 0.3) is 0 Å². The molecule has 15 heavy (non-hydrogen) atoms. The molecule has 5 heteroatoms. The van der Waals surface area contributed by atoms with Crippen molar-refractivity contribution in [3.05, 3.63) is 0 Å². The molecule has 1 saturated heterocycles. The molecule has 2 aliphatic rings. The van der Waals surface area contributed by atoms with E-state index >= 15 is 0 Å². The molecule has 1 heterocycles. The lowest BCUT2D eigenvalue weighted by atomic mass is 9.71. The molecule has 0 aromatic heterocycles. The van der Waals surface area contributed by atoms with Crippen LogP contribution < -0.4 is 0 Å². The lowest BCUT2D eigenvalue weighted by Crippen LogP contribution is -2.47. The second-order valence-electron chi connectivity index (χ2n) is 4.96. The lowest BCUT2D eigenvalue weighted by molar-refractivity contribution is -0.0464. The molecule has 0 bridgehead atoms. The molecule has 0 aromatic rings. The van der Waals surface area contributed by atoms with Gasteiger partial charge in [-0.3, -0.25) is 0 Å². The van der Waals surface area contributed by atoms with Gasteiger partial charge >= 0.3 is 0 Å². The van der Waals surface area contributed by atoms with Gasteiger partial charge in [0, 0.05) is 0 Å². The summed E-state index contributed by atoms with van der Waals surface area (Å²) in [4.78, 5) is 0. The Morgan fingerprint density at radius 3 is 2.47 bits per heavy atom. The van der Waals surface area contributed by atoms with Crippen LogP contribution in [0, 0.1) is 22.7 Å². The summed E-state index contributed by atoms with van der Waals surface area (Å²) in [7, 11) is -3.14. The highest BCUT2D eigenvalue weighted by atomic mass is 32.2. The summed E-state index contributed by atoms with van der Waals surface area (Å²) < 4.78 is 22.9. The number of hydrogen-bond acceptors (Lipinski definition) is 4. The highest BCUT2D eigenvalue weighted by molar-refractivity contribution is 7.91. The van der Waals surface area contributed by atoms with Gasteiger partial charge in [-0.25, -0.2) is 8.42 Å². The summed E-state index contributed by atoms with van der Waals surface area (Å²) in [5.74, 6) is -0.0471. The first-order valence-corrected chi connectivity index (χ1v) is 6.99. The molecule has 0 aromatic carbocycles. The molecular formula is C10H15NO3S. The fourth-order valence-corrected chi connectivity index (χ4v) is 4.54. The molecule has 1 aliphatic heterocycles. The highest BCUT2D eigenvalue weighted by Crippen LogP contribution is 2.52. The molecule has 2 rings (SSSR count). The first kappa shape index (κ1) is 10.9. The molecule has 1 saturated carbocycles. The monoisotopic (exact) mass is 229 g/mol. The van der Waals surface area contributed by atoms with E-state index in [1.807, 2.05) is 0 Å². The second kappa shape index (κ2) is 2.96. The highest BCUT2D eigenvalue weighted by Gasteiger charge is 2.59. The van der Waals surface area contributed by atoms with Crippen molar-refractivity contribution < 1.29 is 13.5 Å². The van der Waals surface area contributed by atoms with Crippen molar-refractivity contribution >= 4 is 9.84 Å². The average Bonchev–Trinajstić information content (AvgIpc) is 2.92. The third-order valence-corrected chi connectivity index (χ3v) is 5.62.